The van der Waals surface area contributed by atoms with Gasteiger partial charge in [-0.3, -0.25) is 0 Å². The van der Waals surface area contributed by atoms with Crippen molar-refractivity contribution in [2.24, 2.45) is 0 Å². The van der Waals surface area contributed by atoms with Crippen molar-refractivity contribution in [2.75, 3.05) is 4.90 Å². The van der Waals surface area contributed by atoms with Gasteiger partial charge in [0.15, 0.2) is 8.07 Å². The van der Waals surface area contributed by atoms with E-state index in [0.717, 1.165) is 61.5 Å². The van der Waals surface area contributed by atoms with Crippen molar-refractivity contribution in [3.63, 3.8) is 0 Å². The molecule has 0 aliphatic carbocycles. The highest BCUT2D eigenvalue weighted by Gasteiger charge is 2.51. The minimum absolute atomic E-state index is 0.0869. The summed E-state index contributed by atoms with van der Waals surface area (Å²) in [4.78, 5) is 2.54. The van der Waals surface area contributed by atoms with Crippen molar-refractivity contribution in [3.05, 3.63) is 230 Å². The van der Waals surface area contributed by atoms with Crippen molar-refractivity contribution in [3.8, 4) is 44.9 Å². The minimum atomic E-state index is -2.83. The summed E-state index contributed by atoms with van der Waals surface area (Å²) in [6.07, 6.45) is 0. The molecule has 14 rings (SSSR count). The standard InChI is InChI=1S/C61H40BNO2Si/c1-39-33-54-61-58(34-39)65-57-36-42(41-30-32-56-48(35-41)46-24-12-15-27-55(46)64-56)29-31-50(57)62(61)51-38-60-49(37-53(51)63(54)52-26-14-11-23-45(52)40-17-5-2-6-18-40)47-25-13-16-28-59(47)66(60,43-19-7-3-8-20-43)44-21-9-4-10-22-44/h2-38H,1H3. The molecule has 0 saturated heterocycles. The molecule has 66 heavy (non-hydrogen) atoms. The summed E-state index contributed by atoms with van der Waals surface area (Å²) in [6, 6.07) is 83.1. The Bertz CT molecular complexity index is 3730. The highest BCUT2D eigenvalue weighted by atomic mass is 28.3. The van der Waals surface area contributed by atoms with E-state index in [9.17, 15) is 0 Å². The Morgan fingerprint density at radius 1 is 0.409 bits per heavy atom. The van der Waals surface area contributed by atoms with Gasteiger partial charge in [0.2, 0.25) is 0 Å². The molecule has 0 fully saturated rings. The molecular formula is C61H40BNO2Si. The fourth-order valence-corrected chi connectivity index (χ4v) is 16.9. The van der Waals surface area contributed by atoms with Gasteiger partial charge in [-0.05, 0) is 126 Å². The van der Waals surface area contributed by atoms with Crippen molar-refractivity contribution < 1.29 is 9.15 Å². The van der Waals surface area contributed by atoms with Crippen LogP contribution in [0.1, 0.15) is 5.56 Å². The minimum Gasteiger partial charge on any atom is -0.458 e. The summed E-state index contributed by atoms with van der Waals surface area (Å²) >= 11 is 0. The lowest BCUT2D eigenvalue weighted by Crippen LogP contribution is -2.73. The molecule has 1 aromatic heterocycles. The van der Waals surface area contributed by atoms with Crippen molar-refractivity contribution in [1.29, 1.82) is 0 Å². The fraction of sp³-hybridized carbons (Fsp3) is 0.0164. The molecular weight excluding hydrogens is 818 g/mol. The number of hydrogen-bond donors (Lipinski definition) is 0. The Kier molecular flexibility index (Phi) is 8.01. The van der Waals surface area contributed by atoms with E-state index in [1.807, 2.05) is 12.1 Å². The zero-order valence-corrected chi connectivity index (χ0v) is 37.2. The first-order chi connectivity index (χ1) is 32.6. The van der Waals surface area contributed by atoms with Crippen LogP contribution in [0, 0.1) is 6.92 Å². The largest absolute Gasteiger partial charge is 0.458 e. The predicted octanol–water partition coefficient (Wildman–Crippen LogP) is 11.0. The van der Waals surface area contributed by atoms with Gasteiger partial charge in [-0.25, -0.2) is 0 Å². The van der Waals surface area contributed by atoms with Crippen LogP contribution in [-0.2, 0) is 0 Å². The molecule has 0 bridgehead atoms. The maximum absolute atomic E-state index is 7.21. The monoisotopic (exact) mass is 857 g/mol. The second kappa shape index (κ2) is 14.2. The van der Waals surface area contributed by atoms with Crippen LogP contribution in [0.15, 0.2) is 229 Å². The van der Waals surface area contributed by atoms with E-state index in [1.54, 1.807) is 0 Å². The van der Waals surface area contributed by atoms with Gasteiger partial charge < -0.3 is 14.1 Å². The van der Waals surface area contributed by atoms with E-state index < -0.39 is 8.07 Å². The Balaban J connectivity index is 1.06. The molecule has 3 aliphatic rings. The highest BCUT2D eigenvalue weighted by molar-refractivity contribution is 7.22. The molecule has 10 aromatic carbocycles. The lowest BCUT2D eigenvalue weighted by Gasteiger charge is -2.42. The lowest BCUT2D eigenvalue weighted by molar-refractivity contribution is 0.487. The third-order valence-corrected chi connectivity index (χ3v) is 19.3. The molecule has 11 aromatic rings. The van der Waals surface area contributed by atoms with Gasteiger partial charge in [0.05, 0.1) is 5.69 Å². The normalized spacial score (nSPS) is 13.7. The predicted molar refractivity (Wildman–Crippen MR) is 278 cm³/mol. The van der Waals surface area contributed by atoms with Gasteiger partial charge in [0.1, 0.15) is 22.7 Å². The first-order valence-corrected chi connectivity index (χ1v) is 24.9. The third kappa shape index (κ3) is 5.26. The second-order valence-corrected chi connectivity index (χ2v) is 21.7. The maximum Gasteiger partial charge on any atom is 0.256 e. The summed E-state index contributed by atoms with van der Waals surface area (Å²) in [6.45, 7) is 2.11. The number of para-hydroxylation sites is 2. The number of rotatable bonds is 5. The Morgan fingerprint density at radius 3 is 1.86 bits per heavy atom. The van der Waals surface area contributed by atoms with Crippen LogP contribution >= 0.6 is 0 Å². The van der Waals surface area contributed by atoms with Gasteiger partial charge in [0.25, 0.3) is 6.71 Å². The van der Waals surface area contributed by atoms with Crippen molar-refractivity contribution in [1.82, 2.24) is 0 Å². The molecule has 0 atom stereocenters. The SMILES string of the molecule is Cc1cc2c3c(c1)N(c1ccccc1-c1ccccc1)c1cc4c(cc1B3c1ccc(-c3ccc5oc6ccccc6c5c3)cc1O2)[Si](c1ccccc1)(c1ccccc1)c1ccccc1-4. The van der Waals surface area contributed by atoms with E-state index in [2.05, 4.69) is 224 Å². The number of furan rings is 1. The topological polar surface area (TPSA) is 25.6 Å². The van der Waals surface area contributed by atoms with E-state index in [-0.39, 0.29) is 6.71 Å². The zero-order valence-electron chi connectivity index (χ0n) is 36.2. The summed E-state index contributed by atoms with van der Waals surface area (Å²) in [5.41, 5.74) is 17.3. The zero-order chi connectivity index (χ0) is 43.5. The summed E-state index contributed by atoms with van der Waals surface area (Å²) in [5.74, 6) is 1.79. The molecule has 0 N–H and O–H groups in total. The Labute approximate surface area is 384 Å². The Hall–Kier alpha value is -8.12. The summed E-state index contributed by atoms with van der Waals surface area (Å²) in [7, 11) is -2.83. The molecule has 3 nitrogen and oxygen atoms in total. The number of benzene rings is 10. The van der Waals surface area contributed by atoms with Gasteiger partial charge in [-0.1, -0.05) is 176 Å². The Morgan fingerprint density at radius 2 is 1.06 bits per heavy atom. The average molecular weight is 858 g/mol. The highest BCUT2D eigenvalue weighted by Crippen LogP contribution is 2.46. The van der Waals surface area contributed by atoms with E-state index in [1.165, 1.54) is 65.1 Å². The van der Waals surface area contributed by atoms with E-state index >= 15 is 0 Å². The number of aryl methyl sites for hydroxylation is 1. The molecule has 308 valence electrons. The molecule has 0 amide bonds. The van der Waals surface area contributed by atoms with Crippen LogP contribution in [0.3, 0.4) is 0 Å². The second-order valence-electron chi connectivity index (χ2n) is 18.0. The fourth-order valence-electron chi connectivity index (χ4n) is 11.7. The number of hydrogen-bond acceptors (Lipinski definition) is 3. The molecule has 0 saturated carbocycles. The van der Waals surface area contributed by atoms with Crippen LogP contribution in [0.2, 0.25) is 0 Å². The van der Waals surface area contributed by atoms with Crippen LogP contribution in [0.4, 0.5) is 17.1 Å². The average Bonchev–Trinajstić information content (AvgIpc) is 3.89. The number of nitrogens with zero attached hydrogens (tertiary/aromatic N) is 1. The first kappa shape index (κ1) is 37.3. The number of anilines is 3. The number of ether oxygens (including phenoxy) is 1. The summed E-state index contributed by atoms with van der Waals surface area (Å²) in [5, 5.41) is 7.88. The molecule has 0 spiro atoms. The van der Waals surface area contributed by atoms with Crippen molar-refractivity contribution >= 4 is 90.9 Å². The first-order valence-electron chi connectivity index (χ1n) is 22.9. The molecule has 0 radical (unpaired) electrons. The number of fused-ring (bicyclic) bond motifs is 10. The van der Waals surface area contributed by atoms with E-state index in [4.69, 9.17) is 9.15 Å². The molecule has 4 heterocycles. The smallest absolute Gasteiger partial charge is 0.256 e. The molecule has 3 aliphatic heterocycles. The van der Waals surface area contributed by atoms with Crippen LogP contribution in [-0.4, -0.2) is 14.8 Å². The van der Waals surface area contributed by atoms with Gasteiger partial charge in [-0.2, -0.15) is 0 Å². The van der Waals surface area contributed by atoms with Gasteiger partial charge in [0, 0.05) is 27.7 Å². The van der Waals surface area contributed by atoms with Gasteiger partial charge >= 0.3 is 0 Å². The van der Waals surface area contributed by atoms with E-state index in [0.29, 0.717) is 0 Å². The lowest BCUT2D eigenvalue weighted by atomic mass is 9.34. The quantitative estimate of drug-likeness (QED) is 0.161. The van der Waals surface area contributed by atoms with Crippen molar-refractivity contribution in [2.45, 2.75) is 6.92 Å². The van der Waals surface area contributed by atoms with Crippen LogP contribution in [0.25, 0.3) is 55.3 Å². The van der Waals surface area contributed by atoms with Crippen LogP contribution in [0.5, 0.6) is 11.5 Å². The molecule has 0 unspecified atom stereocenters. The maximum atomic E-state index is 7.21. The third-order valence-electron chi connectivity index (χ3n) is 14.4. The summed E-state index contributed by atoms with van der Waals surface area (Å²) < 4.78 is 13.4. The van der Waals surface area contributed by atoms with Gasteiger partial charge in [-0.15, -0.1) is 0 Å². The molecule has 5 heteroatoms. The van der Waals surface area contributed by atoms with Crippen LogP contribution < -0.4 is 46.8 Å².